The zero-order valence-electron chi connectivity index (χ0n) is 24.7. The molecule has 0 radical (unpaired) electrons. The normalized spacial score (nSPS) is 28.8. The van der Waals surface area contributed by atoms with Gasteiger partial charge in [0.05, 0.1) is 17.1 Å². The number of hydrogen-bond donors (Lipinski definition) is 2. The maximum Gasteiger partial charge on any atom is 0.204 e. The third-order valence-corrected chi connectivity index (χ3v) is 10.6. The SMILES string of the molecule is CN1CCN(CCCN(c2nc3cc(F)c(F)cc3[nH]2)[C@@H]2CC[C@]3(c4cccc(CN5CC[C@@H](O)C5)c4)C[C@@H]3C2)CC1. The van der Waals surface area contributed by atoms with Gasteiger partial charge in [-0.25, -0.2) is 13.8 Å². The summed E-state index contributed by atoms with van der Waals surface area (Å²) >= 11 is 0. The number of aromatic amines is 1. The number of halogens is 2. The van der Waals surface area contributed by atoms with Crippen molar-refractivity contribution in [3.05, 3.63) is 59.2 Å². The number of fused-ring (bicyclic) bond motifs is 2. The van der Waals surface area contributed by atoms with Crippen LogP contribution in [0.2, 0.25) is 0 Å². The number of likely N-dealkylation sites (N-methyl/N-ethyl adjacent to an activating group) is 1. The second kappa shape index (κ2) is 11.5. The van der Waals surface area contributed by atoms with Crippen LogP contribution in [0.4, 0.5) is 14.7 Å². The average molecular weight is 579 g/mol. The van der Waals surface area contributed by atoms with E-state index in [2.05, 4.69) is 55.9 Å². The zero-order valence-corrected chi connectivity index (χ0v) is 24.7. The number of aliphatic hydroxyl groups excluding tert-OH is 1. The van der Waals surface area contributed by atoms with Crippen molar-refractivity contribution in [3.63, 3.8) is 0 Å². The van der Waals surface area contributed by atoms with Crippen LogP contribution in [0.15, 0.2) is 36.4 Å². The fraction of sp³-hybridized carbons (Fsp3) is 0.606. The Kier molecular flexibility index (Phi) is 7.71. The van der Waals surface area contributed by atoms with Gasteiger partial charge in [0, 0.05) is 70.5 Å². The number of H-pyrrole nitrogens is 1. The minimum atomic E-state index is -0.856. The first-order valence-electron chi connectivity index (χ1n) is 15.9. The maximum absolute atomic E-state index is 14.0. The summed E-state index contributed by atoms with van der Waals surface area (Å²) in [7, 11) is 2.18. The molecule has 2 aliphatic carbocycles. The molecule has 2 saturated carbocycles. The molecule has 3 heterocycles. The molecule has 9 heteroatoms. The van der Waals surface area contributed by atoms with E-state index < -0.39 is 11.6 Å². The Morgan fingerprint density at radius 2 is 1.88 bits per heavy atom. The Morgan fingerprint density at radius 3 is 2.67 bits per heavy atom. The molecule has 0 spiro atoms. The number of imidazole rings is 1. The highest BCUT2D eigenvalue weighted by molar-refractivity contribution is 5.78. The number of β-amino-alcohol motifs (C(OH)–C–C–N with tert-alkyl or cyclic N) is 1. The molecular formula is C33H44F2N6O. The quantitative estimate of drug-likeness (QED) is 0.394. The first kappa shape index (κ1) is 28.2. The lowest BCUT2D eigenvalue weighted by molar-refractivity contribution is 0.153. The molecule has 226 valence electrons. The highest BCUT2D eigenvalue weighted by atomic mass is 19.2. The molecule has 2 N–H and O–H groups in total. The number of aliphatic hydroxyl groups is 1. The van der Waals surface area contributed by atoms with E-state index in [-0.39, 0.29) is 11.5 Å². The lowest BCUT2D eigenvalue weighted by atomic mass is 9.80. The van der Waals surface area contributed by atoms with Gasteiger partial charge in [-0.2, -0.15) is 0 Å². The summed E-state index contributed by atoms with van der Waals surface area (Å²) < 4.78 is 28.0. The maximum atomic E-state index is 14.0. The summed E-state index contributed by atoms with van der Waals surface area (Å²) in [5, 5.41) is 9.94. The minimum Gasteiger partial charge on any atom is -0.392 e. The van der Waals surface area contributed by atoms with Crippen LogP contribution in [0, 0.1) is 17.6 Å². The summed E-state index contributed by atoms with van der Waals surface area (Å²) in [4.78, 5) is 17.8. The monoisotopic (exact) mass is 578 g/mol. The van der Waals surface area contributed by atoms with Crippen molar-refractivity contribution in [1.82, 2.24) is 24.7 Å². The van der Waals surface area contributed by atoms with Gasteiger partial charge in [0.15, 0.2) is 11.6 Å². The third kappa shape index (κ3) is 5.68. The number of anilines is 1. The van der Waals surface area contributed by atoms with Gasteiger partial charge in [0.25, 0.3) is 0 Å². The first-order chi connectivity index (χ1) is 20.4. The molecule has 0 unspecified atom stereocenters. The van der Waals surface area contributed by atoms with Crippen LogP contribution < -0.4 is 4.90 Å². The lowest BCUT2D eigenvalue weighted by Crippen LogP contribution is -2.46. The number of hydrogen-bond acceptors (Lipinski definition) is 6. The molecule has 7 rings (SSSR count). The largest absolute Gasteiger partial charge is 0.392 e. The van der Waals surface area contributed by atoms with Gasteiger partial charge in [-0.15, -0.1) is 0 Å². The molecule has 2 aliphatic heterocycles. The molecule has 4 aliphatic rings. The number of nitrogens with one attached hydrogen (secondary N) is 1. The summed E-state index contributed by atoms with van der Waals surface area (Å²) in [5.41, 5.74) is 4.11. The van der Waals surface area contributed by atoms with Crippen LogP contribution >= 0.6 is 0 Å². The number of likely N-dealkylation sites (tertiary alicyclic amines) is 1. The van der Waals surface area contributed by atoms with Gasteiger partial charge < -0.3 is 24.8 Å². The number of piperazine rings is 1. The second-order valence-corrected chi connectivity index (χ2v) is 13.4. The van der Waals surface area contributed by atoms with E-state index in [1.807, 2.05) is 0 Å². The van der Waals surface area contributed by atoms with Crippen molar-refractivity contribution in [3.8, 4) is 0 Å². The van der Waals surface area contributed by atoms with Gasteiger partial charge in [-0.1, -0.05) is 24.3 Å². The predicted molar refractivity (Wildman–Crippen MR) is 162 cm³/mol. The first-order valence-corrected chi connectivity index (χ1v) is 15.9. The summed E-state index contributed by atoms with van der Waals surface area (Å²) in [6.07, 6.45) is 6.26. The van der Waals surface area contributed by atoms with Crippen LogP contribution in [0.3, 0.4) is 0 Å². The number of nitrogens with zero attached hydrogens (tertiary/aromatic N) is 5. The molecule has 1 aromatic heterocycles. The van der Waals surface area contributed by atoms with E-state index in [1.54, 1.807) is 0 Å². The topological polar surface area (TPSA) is 61.9 Å². The van der Waals surface area contributed by atoms with Crippen LogP contribution in [0.25, 0.3) is 11.0 Å². The Morgan fingerprint density at radius 1 is 1.05 bits per heavy atom. The molecule has 3 aromatic rings. The van der Waals surface area contributed by atoms with Crippen LogP contribution in [0.1, 0.15) is 49.7 Å². The van der Waals surface area contributed by atoms with Crippen molar-refractivity contribution < 1.29 is 13.9 Å². The van der Waals surface area contributed by atoms with Crippen molar-refractivity contribution in [2.45, 2.75) is 62.6 Å². The van der Waals surface area contributed by atoms with Gasteiger partial charge >= 0.3 is 0 Å². The average Bonchev–Trinajstić information content (AvgIpc) is 3.38. The highest BCUT2D eigenvalue weighted by Gasteiger charge is 2.58. The number of rotatable bonds is 9. The van der Waals surface area contributed by atoms with E-state index in [9.17, 15) is 13.9 Å². The van der Waals surface area contributed by atoms with Crippen molar-refractivity contribution in [1.29, 1.82) is 0 Å². The van der Waals surface area contributed by atoms with Crippen LogP contribution in [-0.4, -0.2) is 101 Å². The van der Waals surface area contributed by atoms with E-state index in [4.69, 9.17) is 4.98 Å². The Labute approximate surface area is 247 Å². The fourth-order valence-corrected chi connectivity index (χ4v) is 7.97. The Bertz CT molecular complexity index is 1370. The number of aromatic nitrogens is 2. The van der Waals surface area contributed by atoms with E-state index in [1.165, 1.54) is 29.7 Å². The molecule has 0 bridgehead atoms. The number of benzene rings is 2. The van der Waals surface area contributed by atoms with Crippen LogP contribution in [0.5, 0.6) is 0 Å². The summed E-state index contributed by atoms with van der Waals surface area (Å²) in [6, 6.07) is 12.0. The lowest BCUT2D eigenvalue weighted by Gasteiger charge is -2.38. The van der Waals surface area contributed by atoms with E-state index in [0.717, 1.165) is 97.0 Å². The minimum absolute atomic E-state index is 0.191. The molecule has 4 atom stereocenters. The second-order valence-electron chi connectivity index (χ2n) is 13.4. The molecular weight excluding hydrogens is 534 g/mol. The molecule has 0 amide bonds. The van der Waals surface area contributed by atoms with Gasteiger partial charge in [0.2, 0.25) is 5.95 Å². The van der Waals surface area contributed by atoms with Crippen LogP contribution in [-0.2, 0) is 12.0 Å². The van der Waals surface area contributed by atoms with Crippen molar-refractivity contribution in [2.24, 2.45) is 5.92 Å². The van der Waals surface area contributed by atoms with E-state index in [0.29, 0.717) is 23.0 Å². The summed E-state index contributed by atoms with van der Waals surface area (Å²) in [6.45, 7) is 8.99. The summed E-state index contributed by atoms with van der Waals surface area (Å²) in [5.74, 6) is -0.325. The van der Waals surface area contributed by atoms with E-state index >= 15 is 0 Å². The predicted octanol–water partition coefficient (Wildman–Crippen LogP) is 4.36. The standard InChI is InChI=1S/C33H44F2N6O/c1-38-12-14-39(15-13-38)9-3-10-41(32-36-30-18-28(34)29(35)19-31(30)37-32)26-6-8-33(20-25(33)17-26)24-5-2-4-23(16-24)21-40-11-7-27(42)22-40/h2,4-5,16,18-19,25-27,42H,3,6-15,17,20-22H2,1H3,(H,36,37)/t25-,26+,27+,33+/m0/s1. The van der Waals surface area contributed by atoms with Crippen molar-refractivity contribution in [2.75, 3.05) is 64.3 Å². The Hall–Kier alpha value is -2.59. The highest BCUT2D eigenvalue weighted by Crippen LogP contribution is 2.63. The molecule has 7 nitrogen and oxygen atoms in total. The molecule has 4 fully saturated rings. The van der Waals surface area contributed by atoms with Gasteiger partial charge in [-0.3, -0.25) is 4.90 Å². The Balaban J connectivity index is 1.06. The molecule has 42 heavy (non-hydrogen) atoms. The molecule has 2 saturated heterocycles. The zero-order chi connectivity index (χ0) is 28.8. The van der Waals surface area contributed by atoms with Crippen molar-refractivity contribution >= 4 is 17.0 Å². The van der Waals surface area contributed by atoms with Gasteiger partial charge in [-0.05, 0) is 74.6 Å². The fourth-order valence-electron chi connectivity index (χ4n) is 7.97. The third-order valence-electron chi connectivity index (χ3n) is 10.6. The van der Waals surface area contributed by atoms with Gasteiger partial charge in [0.1, 0.15) is 0 Å². The smallest absolute Gasteiger partial charge is 0.204 e. The molecule has 2 aromatic carbocycles.